The van der Waals surface area contributed by atoms with Gasteiger partial charge in [0.2, 0.25) is 0 Å². The van der Waals surface area contributed by atoms with Crippen molar-refractivity contribution < 1.29 is 14.3 Å². The minimum absolute atomic E-state index is 0.141. The predicted octanol–water partition coefficient (Wildman–Crippen LogP) is 2.84. The lowest BCUT2D eigenvalue weighted by molar-refractivity contribution is 0.100. The van der Waals surface area contributed by atoms with Crippen molar-refractivity contribution in [2.75, 3.05) is 13.7 Å². The standard InChI is InChI=1S/C17H26N2O3/c1-13(9-10-15-7-5-11-22-15)19-17(20)18-12-14-6-3-4-8-16(14)21-2/h3-4,6,8,13,15H,5,7,9-12H2,1-2H3,(H2,18,19,20). The second kappa shape index (κ2) is 8.63. The predicted molar refractivity (Wildman–Crippen MR) is 86.0 cm³/mol. The first kappa shape index (κ1) is 16.6. The zero-order valence-corrected chi connectivity index (χ0v) is 13.4. The highest BCUT2D eigenvalue weighted by Gasteiger charge is 2.17. The molecule has 5 heteroatoms. The van der Waals surface area contributed by atoms with Crippen LogP contribution in [0.4, 0.5) is 4.79 Å². The maximum atomic E-state index is 11.9. The minimum atomic E-state index is -0.147. The number of nitrogens with one attached hydrogen (secondary N) is 2. The van der Waals surface area contributed by atoms with Gasteiger partial charge in [-0.1, -0.05) is 18.2 Å². The van der Waals surface area contributed by atoms with Gasteiger partial charge in [-0.3, -0.25) is 0 Å². The molecule has 1 aliphatic heterocycles. The van der Waals surface area contributed by atoms with E-state index < -0.39 is 0 Å². The Morgan fingerprint density at radius 1 is 1.45 bits per heavy atom. The first-order valence-corrected chi connectivity index (χ1v) is 7.97. The molecule has 0 radical (unpaired) electrons. The third-order valence-electron chi connectivity index (χ3n) is 3.96. The van der Waals surface area contributed by atoms with Gasteiger partial charge in [-0.05, 0) is 38.7 Å². The molecule has 1 aromatic carbocycles. The fourth-order valence-corrected chi connectivity index (χ4v) is 2.68. The molecule has 2 N–H and O–H groups in total. The second-order valence-corrected chi connectivity index (χ2v) is 5.75. The molecule has 0 aromatic heterocycles. The first-order valence-electron chi connectivity index (χ1n) is 7.97. The van der Waals surface area contributed by atoms with Crippen molar-refractivity contribution in [3.05, 3.63) is 29.8 Å². The van der Waals surface area contributed by atoms with Crippen molar-refractivity contribution in [1.29, 1.82) is 0 Å². The van der Waals surface area contributed by atoms with Crippen molar-refractivity contribution in [3.8, 4) is 5.75 Å². The molecule has 0 saturated carbocycles. The van der Waals surface area contributed by atoms with Gasteiger partial charge in [-0.25, -0.2) is 4.79 Å². The summed E-state index contributed by atoms with van der Waals surface area (Å²) < 4.78 is 10.9. The summed E-state index contributed by atoms with van der Waals surface area (Å²) in [6.45, 7) is 3.36. The monoisotopic (exact) mass is 306 g/mol. The molecule has 5 nitrogen and oxygen atoms in total. The number of urea groups is 1. The average Bonchev–Trinajstić information content (AvgIpc) is 3.04. The third-order valence-corrected chi connectivity index (χ3v) is 3.96. The Labute approximate surface area is 132 Å². The Balaban J connectivity index is 1.68. The van der Waals surface area contributed by atoms with E-state index in [1.807, 2.05) is 31.2 Å². The maximum Gasteiger partial charge on any atom is 0.315 e. The molecule has 1 saturated heterocycles. The van der Waals surface area contributed by atoms with E-state index in [2.05, 4.69) is 10.6 Å². The summed E-state index contributed by atoms with van der Waals surface area (Å²) in [6, 6.07) is 7.67. The van der Waals surface area contributed by atoms with Gasteiger partial charge in [0.25, 0.3) is 0 Å². The van der Waals surface area contributed by atoms with E-state index in [1.54, 1.807) is 7.11 Å². The minimum Gasteiger partial charge on any atom is -0.496 e. The van der Waals surface area contributed by atoms with Gasteiger partial charge in [0.1, 0.15) is 5.75 Å². The van der Waals surface area contributed by atoms with Crippen LogP contribution in [0, 0.1) is 0 Å². The van der Waals surface area contributed by atoms with Crippen LogP contribution >= 0.6 is 0 Å². The van der Waals surface area contributed by atoms with E-state index in [0.29, 0.717) is 12.6 Å². The maximum absolute atomic E-state index is 11.9. The molecule has 1 heterocycles. The molecule has 2 unspecified atom stereocenters. The number of hydrogen-bond donors (Lipinski definition) is 2. The van der Waals surface area contributed by atoms with Crippen LogP contribution in [0.15, 0.2) is 24.3 Å². The SMILES string of the molecule is COc1ccccc1CNC(=O)NC(C)CCC1CCCO1. The zero-order chi connectivity index (χ0) is 15.8. The van der Waals surface area contributed by atoms with Crippen LogP contribution in [-0.2, 0) is 11.3 Å². The lowest BCUT2D eigenvalue weighted by atomic mass is 10.1. The quantitative estimate of drug-likeness (QED) is 0.814. The molecule has 2 atom stereocenters. The van der Waals surface area contributed by atoms with Crippen LogP contribution in [0.5, 0.6) is 5.75 Å². The van der Waals surface area contributed by atoms with E-state index >= 15 is 0 Å². The summed E-state index contributed by atoms with van der Waals surface area (Å²) in [5, 5.41) is 5.84. The summed E-state index contributed by atoms with van der Waals surface area (Å²) in [7, 11) is 1.63. The van der Waals surface area contributed by atoms with E-state index in [1.165, 1.54) is 0 Å². The molecule has 0 aliphatic carbocycles. The van der Waals surface area contributed by atoms with Crippen LogP contribution < -0.4 is 15.4 Å². The Morgan fingerprint density at radius 2 is 2.27 bits per heavy atom. The number of carbonyl (C=O) groups excluding carboxylic acids is 1. The summed E-state index contributed by atoms with van der Waals surface area (Å²) in [6.07, 6.45) is 4.63. The van der Waals surface area contributed by atoms with Crippen LogP contribution in [0.1, 0.15) is 38.2 Å². The van der Waals surface area contributed by atoms with Crippen molar-refractivity contribution in [3.63, 3.8) is 0 Å². The van der Waals surface area contributed by atoms with Crippen molar-refractivity contribution in [1.82, 2.24) is 10.6 Å². The largest absolute Gasteiger partial charge is 0.496 e. The van der Waals surface area contributed by atoms with Crippen LogP contribution in [0.2, 0.25) is 0 Å². The molecule has 1 aromatic rings. The highest BCUT2D eigenvalue weighted by molar-refractivity contribution is 5.74. The molecule has 1 aliphatic rings. The van der Waals surface area contributed by atoms with Crippen LogP contribution in [-0.4, -0.2) is 31.9 Å². The van der Waals surface area contributed by atoms with Gasteiger partial charge >= 0.3 is 6.03 Å². The van der Waals surface area contributed by atoms with Gasteiger partial charge in [-0.15, -0.1) is 0 Å². The lowest BCUT2D eigenvalue weighted by Gasteiger charge is -2.17. The Morgan fingerprint density at radius 3 is 3.00 bits per heavy atom. The van der Waals surface area contributed by atoms with Gasteiger partial charge < -0.3 is 20.1 Å². The first-order chi connectivity index (χ1) is 10.7. The second-order valence-electron chi connectivity index (χ2n) is 5.75. The van der Waals surface area contributed by atoms with Crippen molar-refractivity contribution >= 4 is 6.03 Å². The number of amides is 2. The van der Waals surface area contributed by atoms with Gasteiger partial charge in [0, 0.05) is 24.8 Å². The summed E-state index contributed by atoms with van der Waals surface area (Å²) in [4.78, 5) is 11.9. The molecule has 122 valence electrons. The molecule has 22 heavy (non-hydrogen) atoms. The number of rotatable bonds is 7. The van der Waals surface area contributed by atoms with Gasteiger partial charge in [0.05, 0.1) is 13.2 Å². The highest BCUT2D eigenvalue weighted by Crippen LogP contribution is 2.18. The number of methoxy groups -OCH3 is 1. The molecular weight excluding hydrogens is 280 g/mol. The number of hydrogen-bond acceptors (Lipinski definition) is 3. The van der Waals surface area contributed by atoms with Crippen molar-refractivity contribution in [2.24, 2.45) is 0 Å². The normalized spacial score (nSPS) is 18.7. The summed E-state index contributed by atoms with van der Waals surface area (Å²) in [5.74, 6) is 0.786. The Kier molecular flexibility index (Phi) is 6.52. The average molecular weight is 306 g/mol. The van der Waals surface area contributed by atoms with Crippen molar-refractivity contribution in [2.45, 2.75) is 51.3 Å². The van der Waals surface area contributed by atoms with Crippen LogP contribution in [0.3, 0.4) is 0 Å². The lowest BCUT2D eigenvalue weighted by Crippen LogP contribution is -2.40. The molecule has 0 bridgehead atoms. The van der Waals surface area contributed by atoms with E-state index in [0.717, 1.165) is 43.6 Å². The molecule has 2 rings (SSSR count). The number of ether oxygens (including phenoxy) is 2. The van der Waals surface area contributed by atoms with E-state index in [9.17, 15) is 4.79 Å². The molecular formula is C17H26N2O3. The summed E-state index contributed by atoms with van der Waals surface area (Å²) >= 11 is 0. The Bertz CT molecular complexity index is 473. The molecule has 2 amide bonds. The fourth-order valence-electron chi connectivity index (χ4n) is 2.68. The number of carbonyl (C=O) groups is 1. The number of benzene rings is 1. The fraction of sp³-hybridized carbons (Fsp3) is 0.588. The smallest absolute Gasteiger partial charge is 0.315 e. The number of para-hydroxylation sites is 1. The topological polar surface area (TPSA) is 59.6 Å². The van der Waals surface area contributed by atoms with Gasteiger partial charge in [-0.2, -0.15) is 0 Å². The van der Waals surface area contributed by atoms with Crippen LogP contribution in [0.25, 0.3) is 0 Å². The highest BCUT2D eigenvalue weighted by atomic mass is 16.5. The summed E-state index contributed by atoms with van der Waals surface area (Å²) in [5.41, 5.74) is 0.965. The zero-order valence-electron chi connectivity index (χ0n) is 13.4. The third kappa shape index (κ3) is 5.22. The van der Waals surface area contributed by atoms with Gasteiger partial charge in [0.15, 0.2) is 0 Å². The molecule has 1 fully saturated rings. The van der Waals surface area contributed by atoms with E-state index in [-0.39, 0.29) is 12.1 Å². The van der Waals surface area contributed by atoms with E-state index in [4.69, 9.17) is 9.47 Å². The Hall–Kier alpha value is -1.75. The molecule has 0 spiro atoms.